The van der Waals surface area contributed by atoms with Gasteiger partial charge in [-0.3, -0.25) is 9.69 Å². The molecule has 1 saturated heterocycles. The Labute approximate surface area is 138 Å². The molecule has 0 aromatic rings. The zero-order valence-electron chi connectivity index (χ0n) is 13.8. The maximum Gasteiger partial charge on any atom is 0.219 e. The minimum atomic E-state index is -1.06. The van der Waals surface area contributed by atoms with Gasteiger partial charge in [0.2, 0.25) is 5.91 Å². The van der Waals surface area contributed by atoms with Crippen LogP contribution in [0.4, 0.5) is 0 Å². The standard InChI is InChI=1S/C16H32N2O5/c17-14(21)10-12-15(22)16(23)13(11-20)18(12)8-6-4-2-1-3-5-7-9-19/h12-13,15-16,19-20,22-23H,1-11H2,(H2,17,21)/t12-,13-,15+,16-/m1/s1. The smallest absolute Gasteiger partial charge is 0.219 e. The zero-order chi connectivity index (χ0) is 17.2. The Kier molecular flexibility index (Phi) is 9.66. The molecule has 0 bridgehead atoms. The van der Waals surface area contributed by atoms with Crippen LogP contribution in [0.2, 0.25) is 0 Å². The van der Waals surface area contributed by atoms with Gasteiger partial charge in [0.05, 0.1) is 24.9 Å². The van der Waals surface area contributed by atoms with Crippen molar-refractivity contribution in [1.82, 2.24) is 4.90 Å². The van der Waals surface area contributed by atoms with Crippen LogP contribution >= 0.6 is 0 Å². The molecule has 23 heavy (non-hydrogen) atoms. The Balaban J connectivity index is 2.36. The maximum absolute atomic E-state index is 11.2. The van der Waals surface area contributed by atoms with Crippen molar-refractivity contribution in [1.29, 1.82) is 0 Å². The van der Waals surface area contributed by atoms with E-state index in [9.17, 15) is 20.1 Å². The second-order valence-electron chi connectivity index (χ2n) is 6.41. The molecule has 7 nitrogen and oxygen atoms in total. The number of hydrogen-bond donors (Lipinski definition) is 5. The lowest BCUT2D eigenvalue weighted by Gasteiger charge is -2.28. The van der Waals surface area contributed by atoms with Gasteiger partial charge in [0, 0.05) is 19.1 Å². The Hall–Kier alpha value is -0.730. The van der Waals surface area contributed by atoms with E-state index in [1.54, 1.807) is 0 Å². The minimum Gasteiger partial charge on any atom is -0.396 e. The lowest BCUT2D eigenvalue weighted by molar-refractivity contribution is -0.120. The molecule has 0 radical (unpaired) electrons. The summed E-state index contributed by atoms with van der Waals surface area (Å²) in [6, 6.07) is -1.07. The van der Waals surface area contributed by atoms with Crippen molar-refractivity contribution in [3.63, 3.8) is 0 Å². The zero-order valence-corrected chi connectivity index (χ0v) is 13.8. The summed E-state index contributed by atoms with van der Waals surface area (Å²) in [5.74, 6) is -0.520. The fourth-order valence-corrected chi connectivity index (χ4v) is 3.37. The van der Waals surface area contributed by atoms with Crippen LogP contribution in [0.25, 0.3) is 0 Å². The van der Waals surface area contributed by atoms with Crippen LogP contribution in [0.15, 0.2) is 0 Å². The molecule has 0 aromatic carbocycles. The first-order chi connectivity index (χ1) is 11.0. The van der Waals surface area contributed by atoms with Gasteiger partial charge in [0.25, 0.3) is 0 Å². The molecule has 1 aliphatic rings. The van der Waals surface area contributed by atoms with Gasteiger partial charge in [-0.15, -0.1) is 0 Å². The predicted molar refractivity (Wildman–Crippen MR) is 86.6 cm³/mol. The van der Waals surface area contributed by atoms with Crippen LogP contribution in [-0.4, -0.2) is 75.3 Å². The van der Waals surface area contributed by atoms with Crippen molar-refractivity contribution < 1.29 is 25.2 Å². The highest BCUT2D eigenvalue weighted by atomic mass is 16.3. The van der Waals surface area contributed by atoms with Crippen molar-refractivity contribution in [2.75, 3.05) is 19.8 Å². The molecular weight excluding hydrogens is 300 g/mol. The monoisotopic (exact) mass is 332 g/mol. The normalized spacial score (nSPS) is 28.3. The van der Waals surface area contributed by atoms with Crippen LogP contribution in [0.5, 0.6) is 0 Å². The number of unbranched alkanes of at least 4 members (excludes halogenated alkanes) is 6. The summed E-state index contributed by atoms with van der Waals surface area (Å²) >= 11 is 0. The molecule has 0 aromatic heterocycles. The lowest BCUT2D eigenvalue weighted by Crippen LogP contribution is -2.43. The largest absolute Gasteiger partial charge is 0.396 e. The number of amides is 1. The van der Waals surface area contributed by atoms with E-state index in [0.717, 1.165) is 44.9 Å². The number of aliphatic hydroxyl groups is 4. The van der Waals surface area contributed by atoms with Crippen molar-refractivity contribution >= 4 is 5.91 Å². The molecule has 1 amide bonds. The van der Waals surface area contributed by atoms with Crippen LogP contribution in [0.3, 0.4) is 0 Å². The van der Waals surface area contributed by atoms with Gasteiger partial charge >= 0.3 is 0 Å². The number of carbonyl (C=O) groups excluding carboxylic acids is 1. The van der Waals surface area contributed by atoms with Crippen molar-refractivity contribution in [3.05, 3.63) is 0 Å². The Morgan fingerprint density at radius 3 is 1.91 bits per heavy atom. The lowest BCUT2D eigenvalue weighted by atomic mass is 10.1. The third kappa shape index (κ3) is 6.35. The molecule has 1 aliphatic heterocycles. The maximum atomic E-state index is 11.2. The molecule has 6 N–H and O–H groups in total. The van der Waals surface area contributed by atoms with Gasteiger partial charge in [0.1, 0.15) is 0 Å². The molecule has 4 atom stereocenters. The van der Waals surface area contributed by atoms with E-state index in [4.69, 9.17) is 10.8 Å². The summed E-state index contributed by atoms with van der Waals surface area (Å²) in [5.41, 5.74) is 5.22. The van der Waals surface area contributed by atoms with E-state index in [2.05, 4.69) is 0 Å². The third-order valence-corrected chi connectivity index (χ3v) is 4.66. The average Bonchev–Trinajstić information content (AvgIpc) is 2.73. The predicted octanol–water partition coefficient (Wildman–Crippen LogP) is -0.648. The van der Waals surface area contributed by atoms with E-state index in [-0.39, 0.29) is 19.6 Å². The number of nitrogens with zero attached hydrogens (tertiary/aromatic N) is 1. The quantitative estimate of drug-likeness (QED) is 0.302. The average molecular weight is 332 g/mol. The van der Waals surface area contributed by atoms with Crippen molar-refractivity contribution in [2.24, 2.45) is 5.73 Å². The Morgan fingerprint density at radius 2 is 1.39 bits per heavy atom. The van der Waals surface area contributed by atoms with Gasteiger partial charge in [-0.05, 0) is 19.4 Å². The third-order valence-electron chi connectivity index (χ3n) is 4.66. The highest BCUT2D eigenvalue weighted by Crippen LogP contribution is 2.27. The minimum absolute atomic E-state index is 0.0180. The molecule has 0 aliphatic carbocycles. The van der Waals surface area contributed by atoms with Crippen LogP contribution in [0, 0.1) is 0 Å². The topological polar surface area (TPSA) is 127 Å². The fourth-order valence-electron chi connectivity index (χ4n) is 3.37. The van der Waals surface area contributed by atoms with Gasteiger partial charge < -0.3 is 26.2 Å². The Morgan fingerprint density at radius 1 is 0.870 bits per heavy atom. The molecule has 7 heteroatoms. The number of likely N-dealkylation sites (tertiary alicyclic amines) is 1. The summed E-state index contributed by atoms with van der Waals surface area (Å²) in [6.45, 7) is 0.617. The summed E-state index contributed by atoms with van der Waals surface area (Å²) < 4.78 is 0. The number of carbonyl (C=O) groups is 1. The highest BCUT2D eigenvalue weighted by molar-refractivity contribution is 5.74. The molecule has 0 spiro atoms. The summed E-state index contributed by atoms with van der Waals surface area (Å²) in [4.78, 5) is 13.0. The van der Waals surface area contributed by atoms with Gasteiger partial charge in [-0.2, -0.15) is 0 Å². The van der Waals surface area contributed by atoms with Crippen molar-refractivity contribution in [3.8, 4) is 0 Å². The summed E-state index contributed by atoms with van der Waals surface area (Å²) in [6.07, 6.45) is 5.01. The van der Waals surface area contributed by atoms with E-state index in [1.807, 2.05) is 4.90 Å². The number of rotatable bonds is 12. The van der Waals surface area contributed by atoms with Crippen LogP contribution in [0.1, 0.15) is 51.4 Å². The number of aliphatic hydroxyl groups excluding tert-OH is 4. The summed E-state index contributed by atoms with van der Waals surface area (Å²) in [5, 5.41) is 38.2. The van der Waals surface area contributed by atoms with E-state index >= 15 is 0 Å². The first-order valence-electron chi connectivity index (χ1n) is 8.64. The van der Waals surface area contributed by atoms with Crippen LogP contribution < -0.4 is 5.73 Å². The number of nitrogens with two attached hydrogens (primary N) is 1. The molecule has 0 unspecified atom stereocenters. The van der Waals surface area contributed by atoms with Crippen LogP contribution in [-0.2, 0) is 4.79 Å². The first-order valence-corrected chi connectivity index (χ1v) is 8.64. The molecule has 1 heterocycles. The van der Waals surface area contributed by atoms with E-state index in [0.29, 0.717) is 6.54 Å². The summed E-state index contributed by atoms with van der Waals surface area (Å²) in [7, 11) is 0. The number of primary amides is 1. The molecule has 1 rings (SSSR count). The van der Waals surface area contributed by atoms with E-state index < -0.39 is 30.2 Å². The van der Waals surface area contributed by atoms with E-state index in [1.165, 1.54) is 0 Å². The first kappa shape index (κ1) is 20.3. The molecular formula is C16H32N2O5. The van der Waals surface area contributed by atoms with Gasteiger partial charge in [-0.1, -0.05) is 32.1 Å². The second-order valence-corrected chi connectivity index (χ2v) is 6.41. The van der Waals surface area contributed by atoms with Gasteiger partial charge in [-0.25, -0.2) is 0 Å². The second kappa shape index (κ2) is 10.9. The SMILES string of the molecule is NC(=O)C[C@@H]1[C@H](O)[C@H](O)[C@@H](CO)N1CCCCCCCCCO. The van der Waals surface area contributed by atoms with Gasteiger partial charge in [0.15, 0.2) is 0 Å². The highest BCUT2D eigenvalue weighted by Gasteiger charge is 2.47. The Bertz CT molecular complexity index is 342. The fraction of sp³-hybridized carbons (Fsp3) is 0.938. The molecule has 1 fully saturated rings. The van der Waals surface area contributed by atoms with Crippen molar-refractivity contribution in [2.45, 2.75) is 75.7 Å². The number of hydrogen-bond acceptors (Lipinski definition) is 6. The molecule has 136 valence electrons. The molecule has 0 saturated carbocycles.